The fourth-order valence-corrected chi connectivity index (χ4v) is 8.78. The Morgan fingerprint density at radius 1 is 1.13 bits per heavy atom. The van der Waals surface area contributed by atoms with E-state index in [2.05, 4.69) is 0 Å². The summed E-state index contributed by atoms with van der Waals surface area (Å²) in [4.78, 5) is 68.0. The number of phenols is 1. The molecule has 0 aliphatic heterocycles. The van der Waals surface area contributed by atoms with E-state index in [0.29, 0.717) is 28.6 Å². The van der Waals surface area contributed by atoms with Crippen molar-refractivity contribution in [1.82, 2.24) is 4.90 Å². The molecule has 0 aromatic heterocycles. The molecule has 1 amide bonds. The predicted molar refractivity (Wildman–Crippen MR) is 144 cm³/mol. The average Bonchev–Trinajstić information content (AvgIpc) is 2.87. The number of hydrogen-bond acceptors (Lipinski definition) is 9. The van der Waals surface area contributed by atoms with Crippen molar-refractivity contribution in [2.45, 2.75) is 74.5 Å². The van der Waals surface area contributed by atoms with Gasteiger partial charge in [-0.2, -0.15) is 11.8 Å². The van der Waals surface area contributed by atoms with E-state index in [4.69, 9.17) is 5.73 Å². The number of carbonyl (C=O) groups excluding carboxylic acids is 5. The van der Waals surface area contributed by atoms with Crippen LogP contribution in [0, 0.1) is 30.6 Å². The predicted octanol–water partition coefficient (Wildman–Crippen LogP) is 1.74. The van der Waals surface area contributed by atoms with E-state index < -0.39 is 64.4 Å². The number of aryl methyl sites for hydroxylation is 1. The number of carbonyl (C=O) groups is 5. The number of aliphatic hydroxyl groups is 1. The van der Waals surface area contributed by atoms with E-state index in [1.165, 1.54) is 24.2 Å². The highest BCUT2D eigenvalue weighted by molar-refractivity contribution is 7.99. The molecule has 0 radical (unpaired) electrons. The number of hydrogen-bond donors (Lipinski definition) is 3. The standard InChI is InChI=1S/C29H36N2O7S/c1-13-9-15(12-39-16-7-5-4-6-8-16)23(32)20-17(13)10-14-11-18-22(31(2)3)25(34)21(28(30)37)27(36)29(18,38)26(35)19(14)24(20)33/h9,14,16,18-19,21-22,32,38H,4-8,10-12H2,1-3H3,(H2,30,37)/t14-,18-,19?,21?,22-,29-/m0/s1. The van der Waals surface area contributed by atoms with Crippen LogP contribution in [-0.4, -0.2) is 75.1 Å². The zero-order valence-electron chi connectivity index (χ0n) is 22.6. The lowest BCUT2D eigenvalue weighted by molar-refractivity contribution is -0.181. The Bertz CT molecular complexity index is 1270. The van der Waals surface area contributed by atoms with E-state index >= 15 is 0 Å². The van der Waals surface area contributed by atoms with Crippen LogP contribution < -0.4 is 5.73 Å². The molecule has 0 spiro atoms. The Morgan fingerprint density at radius 3 is 2.41 bits per heavy atom. The molecule has 210 valence electrons. The van der Waals surface area contributed by atoms with Gasteiger partial charge in [-0.1, -0.05) is 25.3 Å². The average molecular weight is 557 g/mol. The molecule has 3 saturated carbocycles. The summed E-state index contributed by atoms with van der Waals surface area (Å²) < 4.78 is 0. The van der Waals surface area contributed by atoms with Crippen molar-refractivity contribution in [3.63, 3.8) is 0 Å². The number of nitrogens with two attached hydrogens (primary N) is 1. The van der Waals surface area contributed by atoms with Crippen LogP contribution >= 0.6 is 11.8 Å². The summed E-state index contributed by atoms with van der Waals surface area (Å²) in [6.07, 6.45) is 6.23. The first-order chi connectivity index (χ1) is 18.4. The van der Waals surface area contributed by atoms with Gasteiger partial charge in [-0.15, -0.1) is 0 Å². The van der Waals surface area contributed by atoms with Crippen LogP contribution in [0.3, 0.4) is 0 Å². The lowest BCUT2D eigenvalue weighted by atomic mass is 9.52. The van der Waals surface area contributed by atoms with Gasteiger partial charge in [0.25, 0.3) is 0 Å². The SMILES string of the molecule is Cc1cc(CSC2CCCCC2)c(O)c2c1C[C@H]1C[C@H]3[C@H](N(C)C)C(=O)C(C(N)=O)C(=O)[C@@]3(O)C(=O)C1C2=O. The summed E-state index contributed by atoms with van der Waals surface area (Å²) in [6.45, 7) is 1.88. The first-order valence-corrected chi connectivity index (χ1v) is 14.7. The first kappa shape index (κ1) is 28.0. The Kier molecular flexibility index (Phi) is 7.26. The third-order valence-electron chi connectivity index (χ3n) is 9.39. The number of ketones is 4. The number of nitrogens with zero attached hydrogens (tertiary/aromatic N) is 1. The molecular formula is C29H36N2O7S. The van der Waals surface area contributed by atoms with Crippen molar-refractivity contribution in [2.75, 3.05) is 14.1 Å². The fraction of sp³-hybridized carbons (Fsp3) is 0.621. The van der Waals surface area contributed by atoms with Crippen LogP contribution in [-0.2, 0) is 31.4 Å². The van der Waals surface area contributed by atoms with Gasteiger partial charge in [-0.05, 0) is 63.7 Å². The molecule has 1 aromatic carbocycles. The number of thioether (sulfide) groups is 1. The smallest absolute Gasteiger partial charge is 0.235 e. The Hall–Kier alpha value is -2.56. The maximum absolute atomic E-state index is 13.9. The van der Waals surface area contributed by atoms with Crippen LogP contribution in [0.25, 0.3) is 0 Å². The van der Waals surface area contributed by atoms with Crippen molar-refractivity contribution in [2.24, 2.45) is 29.4 Å². The van der Waals surface area contributed by atoms with Crippen molar-refractivity contribution >= 4 is 40.8 Å². The number of aromatic hydroxyl groups is 1. The molecule has 1 aromatic rings. The second-order valence-corrected chi connectivity index (χ2v) is 13.2. The van der Waals surface area contributed by atoms with Crippen LogP contribution in [0.4, 0.5) is 0 Å². The maximum atomic E-state index is 13.9. The number of likely N-dealkylation sites (N-methyl/N-ethyl adjacent to an activating group) is 1. The van der Waals surface area contributed by atoms with Gasteiger partial charge in [0.15, 0.2) is 34.7 Å². The molecule has 0 bridgehead atoms. The Morgan fingerprint density at radius 2 is 1.79 bits per heavy atom. The topological polar surface area (TPSA) is 155 Å². The lowest BCUT2D eigenvalue weighted by Gasteiger charge is -2.52. The third kappa shape index (κ3) is 4.26. The van der Waals surface area contributed by atoms with Gasteiger partial charge in [-0.25, -0.2) is 0 Å². The van der Waals surface area contributed by atoms with Crippen LogP contribution in [0.1, 0.15) is 65.6 Å². The number of primary amides is 1. The maximum Gasteiger partial charge on any atom is 0.235 e. The van der Waals surface area contributed by atoms with Gasteiger partial charge in [-0.3, -0.25) is 28.9 Å². The van der Waals surface area contributed by atoms with E-state index in [9.17, 15) is 34.2 Å². The molecule has 4 aliphatic rings. The van der Waals surface area contributed by atoms with Gasteiger partial charge < -0.3 is 15.9 Å². The van der Waals surface area contributed by atoms with Gasteiger partial charge in [0, 0.05) is 22.5 Å². The highest BCUT2D eigenvalue weighted by atomic mass is 32.2. The summed E-state index contributed by atoms with van der Waals surface area (Å²) in [5.74, 6) is -9.46. The van der Waals surface area contributed by atoms with Crippen molar-refractivity contribution < 1.29 is 34.2 Å². The zero-order chi connectivity index (χ0) is 28.4. The first-order valence-electron chi connectivity index (χ1n) is 13.7. The molecular weight excluding hydrogens is 520 g/mol. The van der Waals surface area contributed by atoms with Gasteiger partial charge in [0.1, 0.15) is 5.75 Å². The number of rotatable bonds is 5. The quantitative estimate of drug-likeness (QED) is 0.460. The summed E-state index contributed by atoms with van der Waals surface area (Å²) in [6, 6.07) is 0.812. The second kappa shape index (κ2) is 10.1. The largest absolute Gasteiger partial charge is 0.507 e. The number of benzene rings is 1. The Labute approximate surface area is 231 Å². The molecule has 3 fully saturated rings. The molecule has 4 aliphatic carbocycles. The number of fused-ring (bicyclic) bond motifs is 3. The van der Waals surface area contributed by atoms with Crippen LogP contribution in [0.5, 0.6) is 5.75 Å². The van der Waals surface area contributed by atoms with Crippen molar-refractivity contribution in [3.8, 4) is 5.75 Å². The lowest BCUT2D eigenvalue weighted by Crippen LogP contribution is -2.74. The molecule has 0 saturated heterocycles. The van der Waals surface area contributed by atoms with E-state index in [0.717, 1.165) is 18.4 Å². The summed E-state index contributed by atoms with van der Waals surface area (Å²) in [7, 11) is 3.15. The van der Waals surface area contributed by atoms with Crippen molar-refractivity contribution in [3.05, 3.63) is 28.3 Å². The molecule has 9 nitrogen and oxygen atoms in total. The molecule has 4 N–H and O–H groups in total. The summed E-state index contributed by atoms with van der Waals surface area (Å²) >= 11 is 1.77. The van der Waals surface area contributed by atoms with Gasteiger partial charge >= 0.3 is 0 Å². The molecule has 6 atom stereocenters. The van der Waals surface area contributed by atoms with Gasteiger partial charge in [0.05, 0.1) is 17.5 Å². The minimum atomic E-state index is -2.70. The van der Waals surface area contributed by atoms with Crippen LogP contribution in [0.15, 0.2) is 6.07 Å². The number of phenolic OH excluding ortho intramolecular Hbond substituents is 1. The number of Topliss-reactive ketones (excluding diaryl/α,β-unsaturated/α-hetero) is 4. The second-order valence-electron chi connectivity index (χ2n) is 11.9. The molecule has 0 heterocycles. The monoisotopic (exact) mass is 556 g/mol. The normalized spacial score (nSPS) is 33.1. The summed E-state index contributed by atoms with van der Waals surface area (Å²) in [5, 5.41) is 23.5. The molecule has 5 rings (SSSR count). The van der Waals surface area contributed by atoms with E-state index in [1.807, 2.05) is 13.0 Å². The minimum Gasteiger partial charge on any atom is -0.507 e. The van der Waals surface area contributed by atoms with E-state index in [-0.39, 0.29) is 17.7 Å². The third-order valence-corrected chi connectivity index (χ3v) is 10.8. The molecule has 2 unspecified atom stereocenters. The van der Waals surface area contributed by atoms with Crippen molar-refractivity contribution in [1.29, 1.82) is 0 Å². The highest BCUT2D eigenvalue weighted by Crippen LogP contribution is 2.51. The molecule has 39 heavy (non-hydrogen) atoms. The molecule has 10 heteroatoms. The number of amides is 1. The minimum absolute atomic E-state index is 0.0589. The zero-order valence-corrected chi connectivity index (χ0v) is 23.4. The van der Waals surface area contributed by atoms with E-state index in [1.54, 1.807) is 25.9 Å². The Balaban J connectivity index is 1.53. The van der Waals surface area contributed by atoms with Gasteiger partial charge in [0.2, 0.25) is 5.91 Å². The van der Waals surface area contributed by atoms with Crippen LogP contribution in [0.2, 0.25) is 0 Å². The summed E-state index contributed by atoms with van der Waals surface area (Å²) in [5.41, 5.74) is 4.89. The highest BCUT2D eigenvalue weighted by Gasteiger charge is 2.69. The fourth-order valence-electron chi connectivity index (χ4n) is 7.48.